The first-order valence-corrected chi connectivity index (χ1v) is 7.47. The highest BCUT2D eigenvalue weighted by atomic mass is 79.9. The Labute approximate surface area is 134 Å². The molecule has 0 spiro atoms. The average molecular weight is 363 g/mol. The second-order valence-electron chi connectivity index (χ2n) is 5.52. The van der Waals surface area contributed by atoms with Crippen molar-refractivity contribution in [3.63, 3.8) is 0 Å². The van der Waals surface area contributed by atoms with Gasteiger partial charge in [0.05, 0.1) is 0 Å². The third-order valence-electron chi connectivity index (χ3n) is 3.81. The summed E-state index contributed by atoms with van der Waals surface area (Å²) in [5.41, 5.74) is 1.71. The molecule has 3 nitrogen and oxygen atoms in total. The van der Waals surface area contributed by atoms with Gasteiger partial charge in [-0.3, -0.25) is 4.79 Å². The summed E-state index contributed by atoms with van der Waals surface area (Å²) < 4.78 is 1.11. The van der Waals surface area contributed by atoms with Gasteiger partial charge in [0.1, 0.15) is 0 Å². The van der Waals surface area contributed by atoms with Crippen LogP contribution in [0.5, 0.6) is 0 Å². The summed E-state index contributed by atoms with van der Waals surface area (Å²) in [6.45, 7) is 1.87. The molecule has 0 radical (unpaired) electrons. The van der Waals surface area contributed by atoms with Crippen LogP contribution in [-0.4, -0.2) is 36.1 Å². The molecule has 1 aliphatic rings. The van der Waals surface area contributed by atoms with Gasteiger partial charge in [-0.15, -0.1) is 12.4 Å². The molecule has 1 N–H and O–H groups in total. The molecule has 0 bridgehead atoms. The van der Waals surface area contributed by atoms with E-state index in [1.807, 2.05) is 0 Å². The van der Waals surface area contributed by atoms with Crippen LogP contribution in [0.25, 0.3) is 0 Å². The molecule has 1 saturated carbocycles. The standard InChI is InChI=1S/C15H20BrNO2.ClH/c1-17(10-2-3-14(18)19)11-15(8-9-15)12-4-6-13(16)7-5-12;/h4-7H,2-3,8-11H2,1H3,(H,18,19);1H. The van der Waals surface area contributed by atoms with Gasteiger partial charge >= 0.3 is 5.97 Å². The van der Waals surface area contributed by atoms with Gasteiger partial charge in [-0.25, -0.2) is 0 Å². The van der Waals surface area contributed by atoms with Crippen LogP contribution in [0.1, 0.15) is 31.2 Å². The summed E-state index contributed by atoms with van der Waals surface area (Å²) in [5, 5.41) is 8.65. The predicted octanol–water partition coefficient (Wildman–Crippen LogP) is 3.70. The Bertz CT molecular complexity index is 446. The molecule has 112 valence electrons. The van der Waals surface area contributed by atoms with Crippen molar-refractivity contribution in [2.24, 2.45) is 0 Å². The van der Waals surface area contributed by atoms with Crippen molar-refractivity contribution >= 4 is 34.3 Å². The van der Waals surface area contributed by atoms with Gasteiger partial charge in [0.15, 0.2) is 0 Å². The monoisotopic (exact) mass is 361 g/mol. The lowest BCUT2D eigenvalue weighted by Gasteiger charge is -2.24. The van der Waals surface area contributed by atoms with Crippen molar-refractivity contribution in [3.8, 4) is 0 Å². The number of carbonyl (C=O) groups is 1. The first-order valence-electron chi connectivity index (χ1n) is 6.68. The number of nitrogens with zero attached hydrogens (tertiary/aromatic N) is 1. The molecule has 1 aromatic carbocycles. The highest BCUT2D eigenvalue weighted by molar-refractivity contribution is 9.10. The molecule has 0 atom stereocenters. The Morgan fingerprint density at radius 2 is 1.95 bits per heavy atom. The Morgan fingerprint density at radius 1 is 1.35 bits per heavy atom. The first-order chi connectivity index (χ1) is 9.02. The molecule has 5 heteroatoms. The zero-order valence-electron chi connectivity index (χ0n) is 11.6. The van der Waals surface area contributed by atoms with Crippen LogP contribution in [0.15, 0.2) is 28.7 Å². The van der Waals surface area contributed by atoms with E-state index in [2.05, 4.69) is 52.1 Å². The van der Waals surface area contributed by atoms with E-state index in [0.29, 0.717) is 5.41 Å². The van der Waals surface area contributed by atoms with Crippen LogP contribution >= 0.6 is 28.3 Å². The number of halogens is 2. The van der Waals surface area contributed by atoms with Gasteiger partial charge in [0.25, 0.3) is 0 Å². The third kappa shape index (κ3) is 4.76. The summed E-state index contributed by atoms with van der Waals surface area (Å²) in [4.78, 5) is 12.8. The van der Waals surface area contributed by atoms with E-state index in [1.54, 1.807) is 0 Å². The highest BCUT2D eigenvalue weighted by Gasteiger charge is 2.44. The fraction of sp³-hybridized carbons (Fsp3) is 0.533. The number of carboxylic acids is 1. The lowest BCUT2D eigenvalue weighted by atomic mass is 9.95. The van der Waals surface area contributed by atoms with Gasteiger partial charge in [-0.2, -0.15) is 0 Å². The molecular formula is C15H21BrClNO2. The van der Waals surface area contributed by atoms with E-state index in [1.165, 1.54) is 18.4 Å². The minimum absolute atomic E-state index is 0. The number of likely N-dealkylation sites (N-methyl/N-ethyl adjacent to an activating group) is 1. The number of rotatable bonds is 7. The summed E-state index contributed by atoms with van der Waals surface area (Å²) in [6.07, 6.45) is 3.45. The molecule has 0 heterocycles. The van der Waals surface area contributed by atoms with Crippen LogP contribution in [-0.2, 0) is 10.2 Å². The molecule has 0 aliphatic heterocycles. The fourth-order valence-electron chi connectivity index (χ4n) is 2.59. The van der Waals surface area contributed by atoms with Crippen LogP contribution in [0.2, 0.25) is 0 Å². The van der Waals surface area contributed by atoms with Crippen molar-refractivity contribution < 1.29 is 9.90 Å². The zero-order chi connectivity index (χ0) is 13.9. The number of benzene rings is 1. The van der Waals surface area contributed by atoms with Crippen LogP contribution < -0.4 is 0 Å². The number of carboxylic acid groups (broad SMARTS) is 1. The smallest absolute Gasteiger partial charge is 0.303 e. The molecular weight excluding hydrogens is 342 g/mol. The molecule has 0 amide bonds. The lowest BCUT2D eigenvalue weighted by molar-refractivity contribution is -0.137. The molecule has 1 aromatic rings. The SMILES string of the molecule is CN(CCCC(=O)O)CC1(c2ccc(Br)cc2)CC1.Cl. The van der Waals surface area contributed by atoms with Crippen molar-refractivity contribution in [1.29, 1.82) is 0 Å². The normalized spacial score (nSPS) is 15.8. The maximum absolute atomic E-state index is 10.5. The Morgan fingerprint density at radius 3 is 2.45 bits per heavy atom. The van der Waals surface area contributed by atoms with Gasteiger partial charge in [0.2, 0.25) is 0 Å². The van der Waals surface area contributed by atoms with E-state index in [0.717, 1.165) is 24.0 Å². The minimum Gasteiger partial charge on any atom is -0.481 e. The average Bonchev–Trinajstić information content (AvgIpc) is 3.10. The molecule has 0 unspecified atom stereocenters. The van der Waals surface area contributed by atoms with Crippen LogP contribution in [0.4, 0.5) is 0 Å². The molecule has 2 rings (SSSR count). The van der Waals surface area contributed by atoms with E-state index >= 15 is 0 Å². The summed E-state index contributed by atoms with van der Waals surface area (Å²) >= 11 is 3.47. The van der Waals surface area contributed by atoms with E-state index in [4.69, 9.17) is 5.11 Å². The van der Waals surface area contributed by atoms with E-state index in [9.17, 15) is 4.79 Å². The molecule has 1 fully saturated rings. The molecule has 0 aromatic heterocycles. The molecule has 20 heavy (non-hydrogen) atoms. The van der Waals surface area contributed by atoms with Gasteiger partial charge in [0, 0.05) is 22.9 Å². The number of hydrogen-bond acceptors (Lipinski definition) is 2. The maximum Gasteiger partial charge on any atom is 0.303 e. The Balaban J connectivity index is 0.00000200. The Hall–Kier alpha value is -0.580. The summed E-state index contributed by atoms with van der Waals surface area (Å²) in [5.74, 6) is -0.706. The fourth-order valence-corrected chi connectivity index (χ4v) is 2.85. The second-order valence-corrected chi connectivity index (χ2v) is 6.44. The van der Waals surface area contributed by atoms with E-state index < -0.39 is 5.97 Å². The van der Waals surface area contributed by atoms with Crippen LogP contribution in [0.3, 0.4) is 0 Å². The molecule has 1 aliphatic carbocycles. The quantitative estimate of drug-likeness (QED) is 0.804. The van der Waals surface area contributed by atoms with Gasteiger partial charge < -0.3 is 10.0 Å². The van der Waals surface area contributed by atoms with Crippen molar-refractivity contribution in [3.05, 3.63) is 34.3 Å². The third-order valence-corrected chi connectivity index (χ3v) is 4.34. The topological polar surface area (TPSA) is 40.5 Å². The largest absolute Gasteiger partial charge is 0.481 e. The number of hydrogen-bond donors (Lipinski definition) is 1. The highest BCUT2D eigenvalue weighted by Crippen LogP contribution is 2.48. The van der Waals surface area contributed by atoms with Gasteiger partial charge in [-0.1, -0.05) is 28.1 Å². The van der Waals surface area contributed by atoms with Crippen molar-refractivity contribution in [1.82, 2.24) is 4.90 Å². The Kier molecular flexibility index (Phi) is 6.49. The predicted molar refractivity (Wildman–Crippen MR) is 86.7 cm³/mol. The first kappa shape index (κ1) is 17.5. The summed E-state index contributed by atoms with van der Waals surface area (Å²) in [7, 11) is 2.08. The number of aliphatic carboxylic acids is 1. The van der Waals surface area contributed by atoms with Crippen LogP contribution in [0, 0.1) is 0 Å². The summed E-state index contributed by atoms with van der Waals surface area (Å²) in [6, 6.07) is 8.59. The lowest BCUT2D eigenvalue weighted by Crippen LogP contribution is -2.30. The maximum atomic E-state index is 10.5. The van der Waals surface area contributed by atoms with E-state index in [-0.39, 0.29) is 18.8 Å². The van der Waals surface area contributed by atoms with Gasteiger partial charge in [-0.05, 0) is 50.6 Å². The minimum atomic E-state index is -0.706. The van der Waals surface area contributed by atoms with Crippen molar-refractivity contribution in [2.45, 2.75) is 31.1 Å². The van der Waals surface area contributed by atoms with Crippen molar-refractivity contribution in [2.75, 3.05) is 20.1 Å². The zero-order valence-corrected chi connectivity index (χ0v) is 14.0. The molecule has 0 saturated heterocycles. The second kappa shape index (κ2) is 7.43.